The van der Waals surface area contributed by atoms with E-state index >= 15 is 0 Å². The zero-order valence-electron chi connectivity index (χ0n) is 25.5. The molecular formula is C42H24N4S2. The van der Waals surface area contributed by atoms with Crippen molar-refractivity contribution >= 4 is 74.6 Å². The molecule has 3 aromatic heterocycles. The van der Waals surface area contributed by atoms with E-state index in [1.54, 1.807) is 22.7 Å². The van der Waals surface area contributed by atoms with Crippen LogP contribution in [0.2, 0.25) is 0 Å². The third-order valence-corrected chi connectivity index (χ3v) is 11.1. The number of thiophene rings is 1. The van der Waals surface area contributed by atoms with Crippen LogP contribution in [0.25, 0.3) is 96.7 Å². The van der Waals surface area contributed by atoms with Crippen molar-refractivity contribution in [2.45, 2.75) is 0 Å². The Kier molecular flexibility index (Phi) is 6.19. The molecule has 0 saturated heterocycles. The smallest absolute Gasteiger partial charge is 0.164 e. The summed E-state index contributed by atoms with van der Waals surface area (Å²) in [6.07, 6.45) is 0. The minimum atomic E-state index is 0.655. The highest BCUT2D eigenvalue weighted by Gasteiger charge is 2.17. The molecule has 4 nitrogen and oxygen atoms in total. The fraction of sp³-hybridized carbons (Fsp3) is 0. The van der Waals surface area contributed by atoms with Crippen LogP contribution in [0.15, 0.2) is 146 Å². The zero-order chi connectivity index (χ0) is 31.6. The lowest BCUT2D eigenvalue weighted by Crippen LogP contribution is -2.00. The Balaban J connectivity index is 1.18. The summed E-state index contributed by atoms with van der Waals surface area (Å²) in [6.45, 7) is 0. The maximum Gasteiger partial charge on any atom is 0.164 e. The molecule has 0 amide bonds. The van der Waals surface area contributed by atoms with Crippen molar-refractivity contribution in [2.75, 3.05) is 0 Å². The lowest BCUT2D eigenvalue weighted by atomic mass is 9.97. The van der Waals surface area contributed by atoms with Crippen LogP contribution in [-0.4, -0.2) is 19.9 Å². The molecule has 0 unspecified atom stereocenters. The van der Waals surface area contributed by atoms with Gasteiger partial charge in [0.2, 0.25) is 0 Å². The summed E-state index contributed by atoms with van der Waals surface area (Å²) in [6, 6.07) is 50.9. The number of rotatable bonds is 4. The Hall–Kier alpha value is -5.82. The van der Waals surface area contributed by atoms with E-state index in [0.717, 1.165) is 43.6 Å². The molecule has 10 aromatic rings. The molecule has 0 aliphatic carbocycles. The summed E-state index contributed by atoms with van der Waals surface area (Å²) in [5, 5.41) is 8.15. The average Bonchev–Trinajstić information content (AvgIpc) is 3.74. The number of fused-ring (bicyclic) bond motifs is 7. The van der Waals surface area contributed by atoms with Crippen LogP contribution in [0, 0.1) is 0 Å². The first-order chi connectivity index (χ1) is 23.7. The van der Waals surface area contributed by atoms with E-state index in [1.807, 2.05) is 24.3 Å². The maximum atomic E-state index is 5.19. The minimum Gasteiger partial charge on any atom is -0.236 e. The van der Waals surface area contributed by atoms with Gasteiger partial charge in [-0.25, -0.2) is 19.9 Å². The van der Waals surface area contributed by atoms with Gasteiger partial charge in [-0.2, -0.15) is 0 Å². The lowest BCUT2D eigenvalue weighted by molar-refractivity contribution is 1.08. The number of thiazole rings is 1. The first-order valence-corrected chi connectivity index (χ1v) is 17.4. The fourth-order valence-electron chi connectivity index (χ4n) is 6.62. The molecule has 0 atom stereocenters. The normalized spacial score (nSPS) is 11.8. The molecule has 0 saturated carbocycles. The van der Waals surface area contributed by atoms with E-state index in [0.29, 0.717) is 17.5 Å². The van der Waals surface area contributed by atoms with Crippen LogP contribution in [0.4, 0.5) is 0 Å². The molecule has 7 aromatic carbocycles. The van der Waals surface area contributed by atoms with Gasteiger partial charge in [-0.15, -0.1) is 22.7 Å². The van der Waals surface area contributed by atoms with Crippen LogP contribution < -0.4 is 0 Å². The van der Waals surface area contributed by atoms with Gasteiger partial charge >= 0.3 is 0 Å². The highest BCUT2D eigenvalue weighted by atomic mass is 32.1. The molecule has 0 aliphatic heterocycles. The molecule has 3 heterocycles. The van der Waals surface area contributed by atoms with E-state index in [2.05, 4.69) is 121 Å². The van der Waals surface area contributed by atoms with Crippen LogP contribution in [0.1, 0.15) is 0 Å². The van der Waals surface area contributed by atoms with Gasteiger partial charge in [0.15, 0.2) is 17.5 Å². The van der Waals surface area contributed by atoms with E-state index in [1.165, 1.54) is 35.6 Å². The van der Waals surface area contributed by atoms with E-state index in [-0.39, 0.29) is 0 Å². The van der Waals surface area contributed by atoms with Crippen molar-refractivity contribution in [3.63, 3.8) is 0 Å². The fourth-order valence-corrected chi connectivity index (χ4v) is 8.72. The lowest BCUT2D eigenvalue weighted by Gasteiger charge is -2.12. The van der Waals surface area contributed by atoms with Gasteiger partial charge in [0, 0.05) is 42.4 Å². The van der Waals surface area contributed by atoms with Crippen molar-refractivity contribution in [2.24, 2.45) is 0 Å². The molecule has 10 rings (SSSR count). The molecule has 6 heteroatoms. The summed E-state index contributed by atoms with van der Waals surface area (Å²) < 4.78 is 3.64. The van der Waals surface area contributed by atoms with Gasteiger partial charge in [-0.05, 0) is 57.9 Å². The Morgan fingerprint density at radius 2 is 1.00 bits per heavy atom. The number of nitrogens with zero attached hydrogens (tertiary/aromatic N) is 4. The van der Waals surface area contributed by atoms with Crippen LogP contribution in [0.5, 0.6) is 0 Å². The topological polar surface area (TPSA) is 51.6 Å². The Bertz CT molecular complexity index is 2840. The molecule has 0 N–H and O–H groups in total. The minimum absolute atomic E-state index is 0.655. The Labute approximate surface area is 283 Å². The van der Waals surface area contributed by atoms with E-state index in [9.17, 15) is 0 Å². The summed E-state index contributed by atoms with van der Waals surface area (Å²) >= 11 is 3.54. The van der Waals surface area contributed by atoms with Crippen LogP contribution in [-0.2, 0) is 0 Å². The summed E-state index contributed by atoms with van der Waals surface area (Å²) in [5.74, 6) is 1.97. The quantitative estimate of drug-likeness (QED) is 0.178. The highest BCUT2D eigenvalue weighted by molar-refractivity contribution is 7.26. The molecule has 0 aliphatic rings. The van der Waals surface area contributed by atoms with Crippen LogP contribution >= 0.6 is 22.7 Å². The first kappa shape index (κ1) is 27.3. The second-order valence-electron chi connectivity index (χ2n) is 11.9. The zero-order valence-corrected chi connectivity index (χ0v) is 27.1. The van der Waals surface area contributed by atoms with E-state index in [4.69, 9.17) is 19.9 Å². The molecule has 0 bridgehead atoms. The SMILES string of the molecule is c1ccc(-c2nc(-c3ccc4sc5cc6nc(-c7ccccc7)sc6cc5c4c3)nc(-c3cc4ccccc4c4ccccc34)n2)cc1. The molecular weight excluding hydrogens is 625 g/mol. The van der Waals surface area contributed by atoms with Gasteiger partial charge in [0.05, 0.1) is 10.2 Å². The van der Waals surface area contributed by atoms with Crippen molar-refractivity contribution in [3.8, 4) is 44.7 Å². The molecule has 224 valence electrons. The number of hydrogen-bond acceptors (Lipinski definition) is 6. The third-order valence-electron chi connectivity index (χ3n) is 8.93. The van der Waals surface area contributed by atoms with Gasteiger partial charge in [0.1, 0.15) is 5.01 Å². The second-order valence-corrected chi connectivity index (χ2v) is 14.0. The average molecular weight is 649 g/mol. The predicted octanol–water partition coefficient (Wildman–Crippen LogP) is 11.8. The monoisotopic (exact) mass is 648 g/mol. The largest absolute Gasteiger partial charge is 0.236 e. The predicted molar refractivity (Wildman–Crippen MR) is 203 cm³/mol. The van der Waals surface area contributed by atoms with Crippen LogP contribution in [0.3, 0.4) is 0 Å². The molecule has 0 spiro atoms. The van der Waals surface area contributed by atoms with Gasteiger partial charge in [0.25, 0.3) is 0 Å². The van der Waals surface area contributed by atoms with Crippen molar-refractivity contribution in [1.29, 1.82) is 0 Å². The number of benzene rings is 7. The number of hydrogen-bond donors (Lipinski definition) is 0. The molecule has 0 fully saturated rings. The standard InChI is InChI=1S/C42H24N4S2/c1-3-11-25(12-4-1)39-44-40(46-41(45-39)34-21-27-15-7-8-16-29(27)30-17-9-10-18-31(30)34)28-19-20-36-32(22-28)33-23-38-35(24-37(33)47-36)43-42(48-38)26-13-5-2-6-14-26/h1-24H. The van der Waals surface area contributed by atoms with Crippen molar-refractivity contribution < 1.29 is 0 Å². The Morgan fingerprint density at radius 1 is 0.354 bits per heavy atom. The van der Waals surface area contributed by atoms with Crippen molar-refractivity contribution in [1.82, 2.24) is 19.9 Å². The maximum absolute atomic E-state index is 5.19. The second kappa shape index (κ2) is 10.9. The van der Waals surface area contributed by atoms with Gasteiger partial charge < -0.3 is 0 Å². The first-order valence-electron chi connectivity index (χ1n) is 15.8. The van der Waals surface area contributed by atoms with E-state index < -0.39 is 0 Å². The highest BCUT2D eigenvalue weighted by Crippen LogP contribution is 2.41. The van der Waals surface area contributed by atoms with Gasteiger partial charge in [-0.3, -0.25) is 0 Å². The van der Waals surface area contributed by atoms with Gasteiger partial charge in [-0.1, -0.05) is 109 Å². The Morgan fingerprint density at radius 3 is 1.81 bits per heavy atom. The summed E-state index contributed by atoms with van der Waals surface area (Å²) in [4.78, 5) is 20.3. The third kappa shape index (κ3) is 4.49. The summed E-state index contributed by atoms with van der Waals surface area (Å²) in [5.41, 5.74) is 5.09. The number of aromatic nitrogens is 4. The summed E-state index contributed by atoms with van der Waals surface area (Å²) in [7, 11) is 0. The molecule has 48 heavy (non-hydrogen) atoms. The molecule has 0 radical (unpaired) electrons. The van der Waals surface area contributed by atoms with Crippen molar-refractivity contribution in [3.05, 3.63) is 146 Å².